The largest absolute Gasteiger partial charge is 0.493 e. The average Bonchev–Trinajstić information content (AvgIpc) is 2.44. The molecule has 1 rings (SSSR count). The maximum atomic E-state index is 11.7. The Hall–Kier alpha value is -1.99. The lowest BCUT2D eigenvalue weighted by Crippen LogP contribution is -2.26. The number of nitrogens with one attached hydrogen (secondary N) is 1. The Balaban J connectivity index is 0.00000400. The number of primary amides is 1. The first kappa shape index (κ1) is 19.0. The van der Waals surface area contributed by atoms with E-state index in [1.807, 2.05) is 0 Å². The summed E-state index contributed by atoms with van der Waals surface area (Å²) < 4.78 is 10.3. The van der Waals surface area contributed by atoms with Crippen molar-refractivity contribution in [3.05, 3.63) is 18.2 Å². The van der Waals surface area contributed by atoms with Crippen molar-refractivity contribution in [1.82, 2.24) is 0 Å². The highest BCUT2D eigenvalue weighted by atomic mass is 35.5. The van der Waals surface area contributed by atoms with Gasteiger partial charge in [0.1, 0.15) is 0 Å². The van der Waals surface area contributed by atoms with Gasteiger partial charge in [0.2, 0.25) is 5.91 Å². The molecular weight excluding hydrogens is 298 g/mol. The van der Waals surface area contributed by atoms with Crippen molar-refractivity contribution in [3.63, 3.8) is 0 Å². The fourth-order valence-electron chi connectivity index (χ4n) is 1.39. The number of benzene rings is 1. The predicted octanol–water partition coefficient (Wildman–Crippen LogP) is 0.514. The Morgan fingerprint density at radius 3 is 2.52 bits per heavy atom. The van der Waals surface area contributed by atoms with Gasteiger partial charge < -0.3 is 26.3 Å². The van der Waals surface area contributed by atoms with E-state index in [9.17, 15) is 9.59 Å². The summed E-state index contributed by atoms with van der Waals surface area (Å²) in [6.07, 6.45) is 0. The van der Waals surface area contributed by atoms with Crippen molar-refractivity contribution in [2.24, 2.45) is 17.4 Å². The molecule has 0 saturated carbocycles. The third-order valence-corrected chi connectivity index (χ3v) is 2.60. The lowest BCUT2D eigenvalue weighted by atomic mass is 10.1. The van der Waals surface area contributed by atoms with Gasteiger partial charge in [0.25, 0.3) is 5.91 Å². The summed E-state index contributed by atoms with van der Waals surface area (Å²) in [5, 5.41) is 2.70. The van der Waals surface area contributed by atoms with E-state index in [1.54, 1.807) is 25.1 Å². The standard InChI is InChI=1S/C13H19N3O4.ClH/c1-8(6-14)13(18)16-9-3-4-10(19-2)11(5-9)20-7-12(15)17;/h3-5,8H,6-7,14H2,1-2H3,(H2,15,17)(H,16,18);1H. The van der Waals surface area contributed by atoms with Crippen molar-refractivity contribution in [1.29, 1.82) is 0 Å². The summed E-state index contributed by atoms with van der Waals surface area (Å²) >= 11 is 0. The molecule has 0 spiro atoms. The number of anilines is 1. The van der Waals surface area contributed by atoms with Crippen LogP contribution < -0.4 is 26.3 Å². The number of methoxy groups -OCH3 is 1. The van der Waals surface area contributed by atoms with Crippen LogP contribution in [-0.2, 0) is 9.59 Å². The van der Waals surface area contributed by atoms with Crippen LogP contribution in [0, 0.1) is 5.92 Å². The summed E-state index contributed by atoms with van der Waals surface area (Å²) in [5.41, 5.74) is 11.0. The molecule has 0 radical (unpaired) electrons. The van der Waals surface area contributed by atoms with Crippen LogP contribution in [0.1, 0.15) is 6.92 Å². The van der Waals surface area contributed by atoms with Gasteiger partial charge in [0.15, 0.2) is 18.1 Å². The quantitative estimate of drug-likeness (QED) is 0.677. The Labute approximate surface area is 129 Å². The zero-order valence-electron chi connectivity index (χ0n) is 11.9. The topological polar surface area (TPSA) is 117 Å². The maximum Gasteiger partial charge on any atom is 0.255 e. The maximum absolute atomic E-state index is 11.7. The van der Waals surface area contributed by atoms with Gasteiger partial charge in [-0.15, -0.1) is 12.4 Å². The molecule has 0 fully saturated rings. The highest BCUT2D eigenvalue weighted by molar-refractivity contribution is 5.92. The molecule has 7 nitrogen and oxygen atoms in total. The molecule has 1 aromatic carbocycles. The van der Waals surface area contributed by atoms with Crippen LogP contribution in [0.3, 0.4) is 0 Å². The number of amides is 2. The smallest absolute Gasteiger partial charge is 0.255 e. The second-order valence-electron chi connectivity index (χ2n) is 4.25. The third-order valence-electron chi connectivity index (χ3n) is 2.60. The van der Waals surface area contributed by atoms with Gasteiger partial charge in [-0.3, -0.25) is 9.59 Å². The first-order valence-electron chi connectivity index (χ1n) is 6.08. The number of hydrogen-bond donors (Lipinski definition) is 3. The van der Waals surface area contributed by atoms with Crippen LogP contribution in [0.15, 0.2) is 18.2 Å². The van der Waals surface area contributed by atoms with E-state index in [4.69, 9.17) is 20.9 Å². The Morgan fingerprint density at radius 2 is 2.00 bits per heavy atom. The average molecular weight is 318 g/mol. The number of halogens is 1. The lowest BCUT2D eigenvalue weighted by molar-refractivity contribution is -0.120. The Morgan fingerprint density at radius 1 is 1.33 bits per heavy atom. The summed E-state index contributed by atoms with van der Waals surface area (Å²) in [6.45, 7) is 1.71. The van der Waals surface area contributed by atoms with Crippen molar-refractivity contribution in [2.45, 2.75) is 6.92 Å². The molecule has 0 heterocycles. The minimum absolute atomic E-state index is 0. The molecule has 0 bridgehead atoms. The lowest BCUT2D eigenvalue weighted by Gasteiger charge is -2.13. The molecule has 0 aliphatic heterocycles. The van der Waals surface area contributed by atoms with Gasteiger partial charge in [-0.1, -0.05) is 6.92 Å². The molecule has 1 atom stereocenters. The summed E-state index contributed by atoms with van der Waals surface area (Å²) in [7, 11) is 1.47. The molecule has 0 aliphatic rings. The molecule has 21 heavy (non-hydrogen) atoms. The van der Waals surface area contributed by atoms with E-state index in [0.29, 0.717) is 17.2 Å². The molecule has 0 saturated heterocycles. The van der Waals surface area contributed by atoms with Gasteiger partial charge >= 0.3 is 0 Å². The van der Waals surface area contributed by atoms with Crippen LogP contribution >= 0.6 is 12.4 Å². The number of nitrogens with two attached hydrogens (primary N) is 2. The van der Waals surface area contributed by atoms with Crippen LogP contribution in [0.5, 0.6) is 11.5 Å². The van der Waals surface area contributed by atoms with Gasteiger partial charge in [-0.05, 0) is 12.1 Å². The molecule has 118 valence electrons. The van der Waals surface area contributed by atoms with Crippen molar-refractivity contribution in [3.8, 4) is 11.5 Å². The summed E-state index contributed by atoms with van der Waals surface area (Å²) in [5.74, 6) is -0.329. The van der Waals surface area contributed by atoms with E-state index in [1.165, 1.54) is 7.11 Å². The van der Waals surface area contributed by atoms with Gasteiger partial charge in [-0.25, -0.2) is 0 Å². The normalized spacial score (nSPS) is 11.0. The molecule has 2 amide bonds. The molecule has 0 aromatic heterocycles. The zero-order valence-corrected chi connectivity index (χ0v) is 12.7. The fraction of sp³-hybridized carbons (Fsp3) is 0.385. The molecule has 5 N–H and O–H groups in total. The van der Waals surface area contributed by atoms with Gasteiger partial charge in [-0.2, -0.15) is 0 Å². The van der Waals surface area contributed by atoms with Crippen molar-refractivity contribution >= 4 is 29.9 Å². The molecule has 1 unspecified atom stereocenters. The zero-order chi connectivity index (χ0) is 15.1. The predicted molar refractivity (Wildman–Crippen MR) is 81.8 cm³/mol. The van der Waals surface area contributed by atoms with Crippen LogP contribution in [0.2, 0.25) is 0 Å². The van der Waals surface area contributed by atoms with Crippen LogP contribution in [0.4, 0.5) is 5.69 Å². The summed E-state index contributed by atoms with van der Waals surface area (Å²) in [4.78, 5) is 22.5. The minimum atomic E-state index is -0.599. The monoisotopic (exact) mass is 317 g/mol. The highest BCUT2D eigenvalue weighted by Gasteiger charge is 2.13. The van der Waals surface area contributed by atoms with Crippen molar-refractivity contribution < 1.29 is 19.1 Å². The molecular formula is C13H20ClN3O4. The number of carbonyl (C=O) groups is 2. The number of hydrogen-bond acceptors (Lipinski definition) is 5. The van der Waals surface area contributed by atoms with E-state index < -0.39 is 5.91 Å². The summed E-state index contributed by atoms with van der Waals surface area (Å²) in [6, 6.07) is 4.85. The fourth-order valence-corrected chi connectivity index (χ4v) is 1.39. The SMILES string of the molecule is COc1ccc(NC(=O)C(C)CN)cc1OCC(N)=O.Cl. The number of rotatable bonds is 7. The van der Waals surface area contributed by atoms with E-state index in [0.717, 1.165) is 0 Å². The second-order valence-corrected chi connectivity index (χ2v) is 4.25. The third kappa shape index (κ3) is 5.88. The number of ether oxygens (including phenoxy) is 2. The van der Waals surface area contributed by atoms with Crippen molar-refractivity contribution in [2.75, 3.05) is 25.6 Å². The molecule has 8 heteroatoms. The Kier molecular flexibility index (Phi) is 8.18. The highest BCUT2D eigenvalue weighted by Crippen LogP contribution is 2.30. The first-order valence-corrected chi connectivity index (χ1v) is 6.08. The Bertz CT molecular complexity index is 496. The van der Waals surface area contributed by atoms with Crippen LogP contribution in [0.25, 0.3) is 0 Å². The van der Waals surface area contributed by atoms with E-state index >= 15 is 0 Å². The van der Waals surface area contributed by atoms with Crippen LogP contribution in [-0.4, -0.2) is 32.1 Å². The van der Waals surface area contributed by atoms with E-state index in [2.05, 4.69) is 5.32 Å². The minimum Gasteiger partial charge on any atom is -0.493 e. The molecule has 0 aliphatic carbocycles. The number of carbonyl (C=O) groups excluding carboxylic acids is 2. The van der Waals surface area contributed by atoms with Gasteiger partial charge in [0, 0.05) is 24.2 Å². The van der Waals surface area contributed by atoms with E-state index in [-0.39, 0.29) is 37.4 Å². The first-order chi connectivity index (χ1) is 9.47. The second kappa shape index (κ2) is 9.04. The molecule has 1 aromatic rings. The van der Waals surface area contributed by atoms with Gasteiger partial charge in [0.05, 0.1) is 7.11 Å².